The number of allylic oxidation sites excluding steroid dienone is 3. The zero-order valence-electron chi connectivity index (χ0n) is 20.1. The number of phenolic OH excluding ortho intramolecular Hbond substituents is 1. The van der Waals surface area contributed by atoms with Gasteiger partial charge in [-0.2, -0.15) is 0 Å². The van der Waals surface area contributed by atoms with Gasteiger partial charge < -0.3 is 25.0 Å². The number of aromatic hydroxyl groups is 1. The summed E-state index contributed by atoms with van der Waals surface area (Å²) in [5, 5.41) is 32.0. The highest BCUT2D eigenvalue weighted by Crippen LogP contribution is 2.40. The molecule has 3 N–H and O–H groups in total. The SMILES string of the molecule is CCN(CC)c1ccc(C2C(=O)C(=C3C=CC(=[N+](CC)CCOC)C=C3O)C(=O)C2O)c(O)c1. The molecule has 182 valence electrons. The van der Waals surface area contributed by atoms with Gasteiger partial charge in [-0.1, -0.05) is 6.07 Å². The van der Waals surface area contributed by atoms with Crippen LogP contribution in [0.4, 0.5) is 5.69 Å². The number of hydrogen-bond donors (Lipinski definition) is 3. The van der Waals surface area contributed by atoms with Crippen LogP contribution in [0.25, 0.3) is 0 Å². The van der Waals surface area contributed by atoms with Gasteiger partial charge in [-0.25, -0.2) is 4.58 Å². The molecule has 0 heterocycles. The molecular weight excluding hydrogens is 436 g/mol. The highest BCUT2D eigenvalue weighted by Gasteiger charge is 2.48. The maximum Gasteiger partial charge on any atom is 0.203 e. The summed E-state index contributed by atoms with van der Waals surface area (Å²) in [7, 11) is 1.61. The number of ketones is 2. The van der Waals surface area contributed by atoms with Gasteiger partial charge >= 0.3 is 0 Å². The van der Waals surface area contributed by atoms with Crippen LogP contribution in [0, 0.1) is 0 Å². The van der Waals surface area contributed by atoms with Crippen LogP contribution >= 0.6 is 0 Å². The van der Waals surface area contributed by atoms with Crippen molar-refractivity contribution in [3.05, 3.63) is 58.9 Å². The summed E-state index contributed by atoms with van der Waals surface area (Å²) in [4.78, 5) is 28.2. The fraction of sp³-hybridized carbons (Fsp3) is 0.423. The first-order valence-corrected chi connectivity index (χ1v) is 11.6. The lowest BCUT2D eigenvalue weighted by atomic mass is 9.92. The van der Waals surface area contributed by atoms with Crippen molar-refractivity contribution in [1.82, 2.24) is 0 Å². The van der Waals surface area contributed by atoms with Crippen LogP contribution in [0.5, 0.6) is 5.75 Å². The number of anilines is 1. The number of carbonyl (C=O) groups excluding carboxylic acids is 2. The molecule has 2 aliphatic carbocycles. The zero-order chi connectivity index (χ0) is 25.0. The molecule has 1 saturated carbocycles. The molecule has 2 aliphatic rings. The van der Waals surface area contributed by atoms with Crippen molar-refractivity contribution >= 4 is 23.0 Å². The van der Waals surface area contributed by atoms with Gasteiger partial charge in [0.05, 0.1) is 17.6 Å². The van der Waals surface area contributed by atoms with E-state index in [1.54, 1.807) is 25.3 Å². The minimum Gasteiger partial charge on any atom is -0.508 e. The summed E-state index contributed by atoms with van der Waals surface area (Å²) in [6.07, 6.45) is 3.10. The molecule has 0 aromatic heterocycles. The molecule has 8 nitrogen and oxygen atoms in total. The predicted molar refractivity (Wildman–Crippen MR) is 130 cm³/mol. The average Bonchev–Trinajstić information content (AvgIpc) is 3.04. The number of aliphatic hydroxyl groups is 2. The Morgan fingerprint density at radius 3 is 2.32 bits per heavy atom. The molecule has 0 spiro atoms. The lowest BCUT2D eigenvalue weighted by Gasteiger charge is -2.22. The minimum atomic E-state index is -1.64. The first-order valence-electron chi connectivity index (χ1n) is 11.6. The van der Waals surface area contributed by atoms with Crippen molar-refractivity contribution in [1.29, 1.82) is 0 Å². The third-order valence-corrected chi connectivity index (χ3v) is 6.40. The molecule has 1 fully saturated rings. The monoisotopic (exact) mass is 469 g/mol. The second kappa shape index (κ2) is 10.8. The van der Waals surface area contributed by atoms with Crippen LogP contribution < -0.4 is 4.90 Å². The van der Waals surface area contributed by atoms with E-state index >= 15 is 0 Å². The van der Waals surface area contributed by atoms with Gasteiger partial charge in [-0.15, -0.1) is 0 Å². The Hall–Kier alpha value is -3.23. The van der Waals surface area contributed by atoms with E-state index in [4.69, 9.17) is 4.74 Å². The van der Waals surface area contributed by atoms with E-state index in [0.29, 0.717) is 19.7 Å². The number of benzene rings is 1. The Labute approximate surface area is 199 Å². The number of aliphatic hydroxyl groups excluding tert-OH is 2. The summed E-state index contributed by atoms with van der Waals surface area (Å²) in [6.45, 7) is 9.25. The Bertz CT molecular complexity index is 1090. The summed E-state index contributed by atoms with van der Waals surface area (Å²) >= 11 is 0. The van der Waals surface area contributed by atoms with Gasteiger partial charge in [0.15, 0.2) is 18.1 Å². The molecule has 0 bridgehead atoms. The fourth-order valence-electron chi connectivity index (χ4n) is 4.48. The zero-order valence-corrected chi connectivity index (χ0v) is 20.1. The van der Waals surface area contributed by atoms with Crippen molar-refractivity contribution in [2.24, 2.45) is 0 Å². The third-order valence-electron chi connectivity index (χ3n) is 6.40. The Morgan fingerprint density at radius 1 is 1.06 bits per heavy atom. The topological polar surface area (TPSA) is 110 Å². The number of methoxy groups -OCH3 is 1. The second-order valence-electron chi connectivity index (χ2n) is 8.22. The number of likely N-dealkylation sites (N-methyl/N-ethyl adjacent to an activating group) is 1. The smallest absolute Gasteiger partial charge is 0.203 e. The normalized spacial score (nSPS) is 24.0. The van der Waals surface area contributed by atoms with Gasteiger partial charge in [0, 0.05) is 49.2 Å². The second-order valence-corrected chi connectivity index (χ2v) is 8.22. The van der Waals surface area contributed by atoms with E-state index in [9.17, 15) is 24.9 Å². The van der Waals surface area contributed by atoms with Crippen molar-refractivity contribution in [2.75, 3.05) is 44.8 Å². The van der Waals surface area contributed by atoms with Crippen LogP contribution in [0.3, 0.4) is 0 Å². The van der Waals surface area contributed by atoms with E-state index in [-0.39, 0.29) is 28.2 Å². The van der Waals surface area contributed by atoms with Gasteiger partial charge in [-0.3, -0.25) is 9.59 Å². The van der Waals surface area contributed by atoms with Crippen molar-refractivity contribution < 1.29 is 34.2 Å². The number of hydrogen-bond acceptors (Lipinski definition) is 7. The van der Waals surface area contributed by atoms with Crippen LogP contribution in [0.2, 0.25) is 0 Å². The maximum atomic E-state index is 13.3. The van der Waals surface area contributed by atoms with E-state index in [2.05, 4.69) is 0 Å². The molecule has 2 atom stereocenters. The van der Waals surface area contributed by atoms with Crippen molar-refractivity contribution in [3.63, 3.8) is 0 Å². The van der Waals surface area contributed by atoms with Crippen LogP contribution in [-0.2, 0) is 14.3 Å². The fourth-order valence-corrected chi connectivity index (χ4v) is 4.48. The largest absolute Gasteiger partial charge is 0.508 e. The Morgan fingerprint density at radius 2 is 1.76 bits per heavy atom. The highest BCUT2D eigenvalue weighted by molar-refractivity contribution is 6.31. The van der Waals surface area contributed by atoms with E-state index in [0.717, 1.165) is 24.5 Å². The summed E-state index contributed by atoms with van der Waals surface area (Å²) < 4.78 is 7.11. The van der Waals surface area contributed by atoms with Crippen molar-refractivity contribution in [3.8, 4) is 5.75 Å². The summed E-state index contributed by atoms with van der Waals surface area (Å²) in [6, 6.07) is 4.87. The first kappa shape index (κ1) is 25.4. The lowest BCUT2D eigenvalue weighted by molar-refractivity contribution is -0.525. The highest BCUT2D eigenvalue weighted by atomic mass is 16.5. The molecule has 1 aromatic carbocycles. The number of phenols is 1. The minimum absolute atomic E-state index is 0.0716. The van der Waals surface area contributed by atoms with Gasteiger partial charge in [-0.05, 0) is 32.9 Å². The molecule has 0 amide bonds. The summed E-state index contributed by atoms with van der Waals surface area (Å²) in [5.41, 5.74) is 1.51. The quantitative estimate of drug-likeness (QED) is 0.304. The van der Waals surface area contributed by atoms with Gasteiger partial charge in [0.2, 0.25) is 5.71 Å². The molecule has 3 rings (SSSR count). The molecule has 2 unspecified atom stereocenters. The van der Waals surface area contributed by atoms with Gasteiger partial charge in [0.25, 0.3) is 0 Å². The number of nitrogens with zero attached hydrogens (tertiary/aromatic N) is 2. The van der Waals surface area contributed by atoms with Crippen molar-refractivity contribution in [2.45, 2.75) is 32.8 Å². The van der Waals surface area contributed by atoms with Crippen LogP contribution in [0.1, 0.15) is 32.3 Å². The van der Waals surface area contributed by atoms with E-state index in [1.165, 1.54) is 18.2 Å². The number of carbonyl (C=O) groups is 2. The molecule has 8 heteroatoms. The van der Waals surface area contributed by atoms with E-state index in [1.807, 2.05) is 30.2 Å². The van der Waals surface area contributed by atoms with Crippen LogP contribution in [-0.4, -0.2) is 83.2 Å². The average molecular weight is 470 g/mol. The Balaban J connectivity index is 1.99. The molecule has 0 radical (unpaired) electrons. The molecule has 1 aromatic rings. The lowest BCUT2D eigenvalue weighted by Crippen LogP contribution is -2.24. The predicted octanol–water partition coefficient (Wildman–Crippen LogP) is 2.26. The Kier molecular flexibility index (Phi) is 8.06. The number of ether oxygens (including phenoxy) is 1. The molecule has 0 saturated heterocycles. The molecule has 0 aliphatic heterocycles. The molecule has 34 heavy (non-hydrogen) atoms. The number of rotatable bonds is 8. The summed E-state index contributed by atoms with van der Waals surface area (Å²) in [5.74, 6) is -3.01. The van der Waals surface area contributed by atoms with Gasteiger partial charge in [0.1, 0.15) is 30.8 Å². The first-order chi connectivity index (χ1) is 16.3. The van der Waals surface area contributed by atoms with E-state index < -0.39 is 23.6 Å². The van der Waals surface area contributed by atoms with Crippen LogP contribution in [0.15, 0.2) is 53.3 Å². The standard InChI is InChI=1S/C26H32N2O6/c1-5-27(6-2)16-8-10-18(20(29)14-16)22-24(31)23(26(33)25(22)32)19-11-9-17(15-21(19)30)28(7-3)12-13-34-4/h8-11,14-15,22,25,29,32H,5-7,12-13H2,1-4H3/p+1. The maximum absolute atomic E-state index is 13.3. The third kappa shape index (κ3) is 4.69. The number of Topliss-reactive ketones (excluding diaryl/α,β-unsaturated/α-hetero) is 2. The molecular formula is C26H33N2O6+.